The Labute approximate surface area is 171 Å². The average Bonchev–Trinajstić information content (AvgIpc) is 2.70. The van der Waals surface area contributed by atoms with Gasteiger partial charge in [0.1, 0.15) is 11.5 Å². The van der Waals surface area contributed by atoms with Gasteiger partial charge in [0.05, 0.1) is 7.11 Å². The second-order valence-electron chi connectivity index (χ2n) is 6.67. The van der Waals surface area contributed by atoms with Crippen LogP contribution in [0.15, 0.2) is 42.5 Å². The fourth-order valence-corrected chi connectivity index (χ4v) is 2.53. The lowest BCUT2D eigenvalue weighted by atomic mass is 10.0. The van der Waals surface area contributed by atoms with Crippen molar-refractivity contribution in [3.8, 4) is 11.5 Å². The van der Waals surface area contributed by atoms with E-state index in [1.165, 1.54) is 5.56 Å². The summed E-state index contributed by atoms with van der Waals surface area (Å²) < 4.78 is 10.8. The standard InChI is InChI=1S/C21H27N3O3S/c1-14(2)17-8-5-15(3)19(11-17)27-13-20(25)23-24-21(28)22-12-16-6-9-18(26-4)10-7-16/h5-11,14H,12-13H2,1-4H3,(H,23,25)(H2,22,24,28). The Morgan fingerprint density at radius 3 is 2.46 bits per heavy atom. The Kier molecular flexibility index (Phi) is 8.07. The molecule has 2 rings (SSSR count). The molecule has 0 unspecified atom stereocenters. The molecule has 3 N–H and O–H groups in total. The zero-order chi connectivity index (χ0) is 20.5. The molecule has 28 heavy (non-hydrogen) atoms. The van der Waals surface area contributed by atoms with Gasteiger partial charge in [-0.05, 0) is 59.9 Å². The molecule has 0 aliphatic rings. The molecule has 0 heterocycles. The minimum Gasteiger partial charge on any atom is -0.497 e. The van der Waals surface area contributed by atoms with Crippen molar-refractivity contribution in [1.82, 2.24) is 16.2 Å². The van der Waals surface area contributed by atoms with Gasteiger partial charge in [-0.15, -0.1) is 0 Å². The summed E-state index contributed by atoms with van der Waals surface area (Å²) in [6.45, 7) is 6.61. The van der Waals surface area contributed by atoms with Crippen molar-refractivity contribution in [2.75, 3.05) is 13.7 Å². The number of benzene rings is 2. The van der Waals surface area contributed by atoms with Gasteiger partial charge in [-0.1, -0.05) is 38.1 Å². The summed E-state index contributed by atoms with van der Waals surface area (Å²) in [5.41, 5.74) is 8.40. The molecule has 0 saturated carbocycles. The van der Waals surface area contributed by atoms with Gasteiger partial charge in [-0.2, -0.15) is 0 Å². The van der Waals surface area contributed by atoms with Gasteiger partial charge in [0.25, 0.3) is 5.91 Å². The first-order chi connectivity index (χ1) is 13.4. The lowest BCUT2D eigenvalue weighted by Gasteiger charge is -2.14. The molecule has 0 fully saturated rings. The average molecular weight is 402 g/mol. The first-order valence-corrected chi connectivity index (χ1v) is 9.49. The number of carbonyl (C=O) groups is 1. The number of thiocarbonyl (C=S) groups is 1. The van der Waals surface area contributed by atoms with E-state index >= 15 is 0 Å². The molecule has 0 aliphatic carbocycles. The number of ether oxygens (including phenoxy) is 2. The molecule has 0 bridgehead atoms. The van der Waals surface area contributed by atoms with Gasteiger partial charge in [-0.3, -0.25) is 15.6 Å². The molecule has 0 aliphatic heterocycles. The number of hydrazine groups is 1. The number of amides is 1. The van der Waals surface area contributed by atoms with E-state index in [4.69, 9.17) is 21.7 Å². The molecule has 6 nitrogen and oxygen atoms in total. The third-order valence-corrected chi connectivity index (χ3v) is 4.41. The van der Waals surface area contributed by atoms with E-state index in [0.717, 1.165) is 16.9 Å². The Bertz CT molecular complexity index is 807. The molecule has 0 spiro atoms. The molecular formula is C21H27N3O3S. The molecule has 0 saturated heterocycles. The van der Waals surface area contributed by atoms with Crippen molar-refractivity contribution in [1.29, 1.82) is 0 Å². The first kappa shape index (κ1) is 21.5. The Balaban J connectivity index is 1.73. The molecule has 0 radical (unpaired) electrons. The van der Waals surface area contributed by atoms with Crippen LogP contribution in [0.3, 0.4) is 0 Å². The van der Waals surface area contributed by atoms with Crippen molar-refractivity contribution in [3.05, 3.63) is 59.2 Å². The van der Waals surface area contributed by atoms with Gasteiger partial charge in [0.15, 0.2) is 11.7 Å². The number of nitrogens with one attached hydrogen (secondary N) is 3. The van der Waals surface area contributed by atoms with Gasteiger partial charge in [-0.25, -0.2) is 0 Å². The Morgan fingerprint density at radius 2 is 1.82 bits per heavy atom. The van der Waals surface area contributed by atoms with Crippen LogP contribution in [0.1, 0.15) is 36.5 Å². The van der Waals surface area contributed by atoms with E-state index in [0.29, 0.717) is 23.3 Å². The minimum absolute atomic E-state index is 0.101. The topological polar surface area (TPSA) is 71.6 Å². The van der Waals surface area contributed by atoms with Crippen LogP contribution in [0.5, 0.6) is 11.5 Å². The SMILES string of the molecule is COc1ccc(CNC(=S)NNC(=O)COc2cc(C(C)C)ccc2C)cc1. The minimum atomic E-state index is -0.317. The first-order valence-electron chi connectivity index (χ1n) is 9.08. The zero-order valence-electron chi connectivity index (χ0n) is 16.7. The Hall–Kier alpha value is -2.80. The molecule has 0 atom stereocenters. The number of hydrogen-bond donors (Lipinski definition) is 3. The normalized spacial score (nSPS) is 10.3. The van der Waals surface area contributed by atoms with Gasteiger partial charge in [0, 0.05) is 6.54 Å². The van der Waals surface area contributed by atoms with E-state index in [1.54, 1.807) is 7.11 Å². The highest BCUT2D eigenvalue weighted by Gasteiger charge is 2.08. The molecule has 2 aromatic rings. The molecule has 2 aromatic carbocycles. The molecule has 1 amide bonds. The van der Waals surface area contributed by atoms with E-state index in [9.17, 15) is 4.79 Å². The van der Waals surface area contributed by atoms with Crippen LogP contribution in [-0.2, 0) is 11.3 Å². The highest BCUT2D eigenvalue weighted by Crippen LogP contribution is 2.24. The van der Waals surface area contributed by atoms with Crippen LogP contribution < -0.4 is 25.6 Å². The van der Waals surface area contributed by atoms with Crippen LogP contribution in [0, 0.1) is 6.92 Å². The third kappa shape index (κ3) is 6.74. The number of methoxy groups -OCH3 is 1. The number of rotatable bonds is 7. The third-order valence-electron chi connectivity index (χ3n) is 4.17. The zero-order valence-corrected chi connectivity index (χ0v) is 17.5. The second-order valence-corrected chi connectivity index (χ2v) is 7.08. The number of aryl methyl sites for hydroxylation is 1. The van der Waals surface area contributed by atoms with Crippen molar-refractivity contribution in [2.24, 2.45) is 0 Å². The summed E-state index contributed by atoms with van der Waals surface area (Å²) in [5, 5.41) is 3.34. The van der Waals surface area contributed by atoms with Crippen LogP contribution in [0.25, 0.3) is 0 Å². The highest BCUT2D eigenvalue weighted by atomic mass is 32.1. The van der Waals surface area contributed by atoms with Gasteiger partial charge in [0.2, 0.25) is 0 Å². The predicted octanol–water partition coefficient (Wildman–Crippen LogP) is 3.20. The lowest BCUT2D eigenvalue weighted by molar-refractivity contribution is -0.123. The summed E-state index contributed by atoms with van der Waals surface area (Å²) in [6.07, 6.45) is 0. The van der Waals surface area contributed by atoms with Crippen LogP contribution in [0.2, 0.25) is 0 Å². The maximum absolute atomic E-state index is 12.0. The maximum atomic E-state index is 12.0. The van der Waals surface area contributed by atoms with E-state index in [1.807, 2.05) is 43.3 Å². The lowest BCUT2D eigenvalue weighted by Crippen LogP contribution is -2.48. The highest BCUT2D eigenvalue weighted by molar-refractivity contribution is 7.80. The molecule has 7 heteroatoms. The number of carbonyl (C=O) groups excluding carboxylic acids is 1. The smallest absolute Gasteiger partial charge is 0.276 e. The van der Waals surface area contributed by atoms with Crippen LogP contribution >= 0.6 is 12.2 Å². The summed E-state index contributed by atoms with van der Waals surface area (Å²) in [5.74, 6) is 1.59. The molecule has 0 aromatic heterocycles. The predicted molar refractivity (Wildman–Crippen MR) is 114 cm³/mol. The summed E-state index contributed by atoms with van der Waals surface area (Å²) >= 11 is 5.16. The number of hydrogen-bond acceptors (Lipinski definition) is 4. The summed E-state index contributed by atoms with van der Waals surface area (Å²) in [4.78, 5) is 12.0. The fraction of sp³-hybridized carbons (Fsp3) is 0.333. The van der Waals surface area contributed by atoms with Crippen LogP contribution in [-0.4, -0.2) is 24.7 Å². The van der Waals surface area contributed by atoms with Crippen LogP contribution in [0.4, 0.5) is 0 Å². The van der Waals surface area contributed by atoms with Crippen molar-refractivity contribution < 1.29 is 14.3 Å². The molecule has 150 valence electrons. The van der Waals surface area contributed by atoms with Crippen molar-refractivity contribution in [3.63, 3.8) is 0 Å². The van der Waals surface area contributed by atoms with E-state index < -0.39 is 0 Å². The summed E-state index contributed by atoms with van der Waals surface area (Å²) in [6, 6.07) is 13.7. The van der Waals surface area contributed by atoms with Crippen molar-refractivity contribution in [2.45, 2.75) is 33.2 Å². The van der Waals surface area contributed by atoms with E-state index in [-0.39, 0.29) is 12.5 Å². The summed E-state index contributed by atoms with van der Waals surface area (Å²) in [7, 11) is 1.63. The quantitative estimate of drug-likeness (QED) is 0.489. The maximum Gasteiger partial charge on any atom is 0.276 e. The largest absolute Gasteiger partial charge is 0.497 e. The molecular weight excluding hydrogens is 374 g/mol. The second kappa shape index (κ2) is 10.5. The monoisotopic (exact) mass is 401 g/mol. The van der Waals surface area contributed by atoms with Gasteiger partial charge < -0.3 is 14.8 Å². The Morgan fingerprint density at radius 1 is 1.11 bits per heavy atom. The fourth-order valence-electron chi connectivity index (χ4n) is 2.41. The van der Waals surface area contributed by atoms with Crippen molar-refractivity contribution >= 4 is 23.2 Å². The van der Waals surface area contributed by atoms with E-state index in [2.05, 4.69) is 36.1 Å². The van der Waals surface area contributed by atoms with Gasteiger partial charge >= 0.3 is 0 Å².